The molecule has 0 bridgehead atoms. The lowest BCUT2D eigenvalue weighted by Gasteiger charge is -2.10. The van der Waals surface area contributed by atoms with Gasteiger partial charge in [-0.3, -0.25) is 0 Å². The van der Waals surface area contributed by atoms with E-state index in [-0.39, 0.29) is 0 Å². The molecule has 0 fully saturated rings. The molecule has 0 radical (unpaired) electrons. The number of aromatic hydroxyl groups is 1. The standard InChI is InChI=1S/C15H10F2N2O/c16-12-8-10(9-13(17)14(12)20)11-4-3-5-18-15(11)19-6-1-2-7-19/h1-9,20H. The molecule has 0 atom stereocenters. The zero-order valence-electron chi connectivity index (χ0n) is 10.3. The maximum atomic E-state index is 13.5. The first-order chi connectivity index (χ1) is 9.66. The normalized spacial score (nSPS) is 10.7. The third-order valence-electron chi connectivity index (χ3n) is 2.96. The van der Waals surface area contributed by atoms with Crippen LogP contribution in [-0.4, -0.2) is 14.7 Å². The third kappa shape index (κ3) is 2.03. The number of rotatable bonds is 2. The summed E-state index contributed by atoms with van der Waals surface area (Å²) < 4.78 is 28.7. The third-order valence-corrected chi connectivity index (χ3v) is 2.96. The average molecular weight is 272 g/mol. The highest BCUT2D eigenvalue weighted by Gasteiger charge is 2.14. The van der Waals surface area contributed by atoms with Gasteiger partial charge in [0.25, 0.3) is 0 Å². The van der Waals surface area contributed by atoms with Crippen LogP contribution in [0.25, 0.3) is 16.9 Å². The predicted octanol–water partition coefficient (Wildman–Crippen LogP) is 3.52. The monoisotopic (exact) mass is 272 g/mol. The highest BCUT2D eigenvalue weighted by atomic mass is 19.1. The fraction of sp³-hybridized carbons (Fsp3) is 0. The van der Waals surface area contributed by atoms with Gasteiger partial charge in [0.1, 0.15) is 5.82 Å². The zero-order valence-corrected chi connectivity index (χ0v) is 10.3. The van der Waals surface area contributed by atoms with Crippen molar-refractivity contribution in [3.8, 4) is 22.7 Å². The van der Waals surface area contributed by atoms with Crippen molar-refractivity contribution in [3.05, 3.63) is 66.6 Å². The molecule has 0 saturated carbocycles. The number of pyridine rings is 1. The van der Waals surface area contributed by atoms with Crippen LogP contribution >= 0.6 is 0 Å². The van der Waals surface area contributed by atoms with E-state index in [0.717, 1.165) is 12.1 Å². The number of phenolic OH excluding ortho intramolecular Hbond substituents is 1. The number of benzene rings is 1. The molecule has 3 nitrogen and oxygen atoms in total. The van der Waals surface area contributed by atoms with Crippen molar-refractivity contribution in [3.63, 3.8) is 0 Å². The van der Waals surface area contributed by atoms with E-state index in [0.29, 0.717) is 16.9 Å². The van der Waals surface area contributed by atoms with Crippen LogP contribution in [0.1, 0.15) is 0 Å². The fourth-order valence-electron chi connectivity index (χ4n) is 2.02. The second kappa shape index (κ2) is 4.77. The van der Waals surface area contributed by atoms with Gasteiger partial charge >= 0.3 is 0 Å². The molecule has 2 aromatic heterocycles. The highest BCUT2D eigenvalue weighted by Crippen LogP contribution is 2.30. The van der Waals surface area contributed by atoms with Crippen LogP contribution in [0.15, 0.2) is 55.0 Å². The molecular weight excluding hydrogens is 262 g/mol. The lowest BCUT2D eigenvalue weighted by Crippen LogP contribution is -1.98. The van der Waals surface area contributed by atoms with E-state index in [1.54, 1.807) is 35.3 Å². The Labute approximate surface area is 113 Å². The van der Waals surface area contributed by atoms with Crippen molar-refractivity contribution in [1.29, 1.82) is 0 Å². The molecule has 1 aromatic carbocycles. The Morgan fingerprint density at radius 1 is 1.00 bits per heavy atom. The molecular formula is C15H10F2N2O. The molecule has 0 amide bonds. The molecule has 0 aliphatic rings. The quantitative estimate of drug-likeness (QED) is 0.775. The number of aromatic nitrogens is 2. The minimum absolute atomic E-state index is 0.314. The lowest BCUT2D eigenvalue weighted by molar-refractivity contribution is 0.396. The Kier molecular flexibility index (Phi) is 2.95. The van der Waals surface area contributed by atoms with Gasteiger partial charge in [0, 0.05) is 24.2 Å². The molecule has 0 aliphatic heterocycles. The van der Waals surface area contributed by atoms with Gasteiger partial charge in [0.2, 0.25) is 0 Å². The second-order valence-electron chi connectivity index (χ2n) is 4.25. The van der Waals surface area contributed by atoms with Crippen LogP contribution in [0.5, 0.6) is 5.75 Å². The lowest BCUT2D eigenvalue weighted by atomic mass is 10.1. The van der Waals surface area contributed by atoms with Crippen LogP contribution in [0.3, 0.4) is 0 Å². The van der Waals surface area contributed by atoms with Crippen molar-refractivity contribution >= 4 is 0 Å². The van der Waals surface area contributed by atoms with Gasteiger partial charge in [-0.2, -0.15) is 0 Å². The number of nitrogens with zero attached hydrogens (tertiary/aromatic N) is 2. The van der Waals surface area contributed by atoms with Gasteiger partial charge in [-0.25, -0.2) is 13.8 Å². The maximum absolute atomic E-state index is 13.5. The second-order valence-corrected chi connectivity index (χ2v) is 4.25. The van der Waals surface area contributed by atoms with Crippen molar-refractivity contribution in [1.82, 2.24) is 9.55 Å². The first-order valence-corrected chi connectivity index (χ1v) is 5.93. The van der Waals surface area contributed by atoms with E-state index >= 15 is 0 Å². The topological polar surface area (TPSA) is 38.1 Å². The predicted molar refractivity (Wildman–Crippen MR) is 70.6 cm³/mol. The van der Waals surface area contributed by atoms with E-state index in [1.165, 1.54) is 0 Å². The summed E-state index contributed by atoms with van der Waals surface area (Å²) in [6.07, 6.45) is 5.18. The molecule has 3 rings (SSSR count). The maximum Gasteiger partial charge on any atom is 0.187 e. The molecule has 20 heavy (non-hydrogen) atoms. The van der Waals surface area contributed by atoms with Crippen molar-refractivity contribution in [2.24, 2.45) is 0 Å². The molecule has 100 valence electrons. The molecule has 0 aliphatic carbocycles. The highest BCUT2D eigenvalue weighted by molar-refractivity contribution is 5.71. The Bertz CT molecular complexity index is 731. The van der Waals surface area contributed by atoms with Crippen LogP contribution in [0.4, 0.5) is 8.78 Å². The van der Waals surface area contributed by atoms with E-state index in [9.17, 15) is 8.78 Å². The molecule has 0 unspecified atom stereocenters. The van der Waals surface area contributed by atoms with Crippen LogP contribution in [0, 0.1) is 11.6 Å². The average Bonchev–Trinajstić information content (AvgIpc) is 2.98. The van der Waals surface area contributed by atoms with E-state index in [4.69, 9.17) is 5.11 Å². The SMILES string of the molecule is Oc1c(F)cc(-c2cccnc2-n2cccc2)cc1F. The molecule has 2 heterocycles. The summed E-state index contributed by atoms with van der Waals surface area (Å²) in [6.45, 7) is 0. The Morgan fingerprint density at radius 2 is 1.65 bits per heavy atom. The van der Waals surface area contributed by atoms with Gasteiger partial charge in [0.05, 0.1) is 0 Å². The van der Waals surface area contributed by atoms with Gasteiger partial charge in [-0.1, -0.05) is 0 Å². The summed E-state index contributed by atoms with van der Waals surface area (Å²) in [5.41, 5.74) is 0.885. The van der Waals surface area contributed by atoms with Gasteiger partial charge in [-0.15, -0.1) is 0 Å². The molecule has 0 spiro atoms. The summed E-state index contributed by atoms with van der Waals surface area (Å²) in [5, 5.41) is 9.16. The summed E-state index contributed by atoms with van der Waals surface area (Å²) in [5.74, 6) is -2.41. The molecule has 5 heteroatoms. The van der Waals surface area contributed by atoms with Crippen molar-refractivity contribution in [2.75, 3.05) is 0 Å². The van der Waals surface area contributed by atoms with E-state index in [1.807, 2.05) is 12.1 Å². The van der Waals surface area contributed by atoms with Crippen molar-refractivity contribution < 1.29 is 13.9 Å². The van der Waals surface area contributed by atoms with Gasteiger partial charge in [-0.05, 0) is 42.0 Å². The van der Waals surface area contributed by atoms with E-state index in [2.05, 4.69) is 4.98 Å². The molecule has 3 aromatic rings. The summed E-state index contributed by atoms with van der Waals surface area (Å²) >= 11 is 0. The first-order valence-electron chi connectivity index (χ1n) is 5.93. The van der Waals surface area contributed by atoms with Gasteiger partial charge < -0.3 is 9.67 Å². The first kappa shape index (κ1) is 12.3. The largest absolute Gasteiger partial charge is 0.503 e. The summed E-state index contributed by atoms with van der Waals surface area (Å²) in [6, 6.07) is 9.23. The van der Waals surface area contributed by atoms with Crippen LogP contribution < -0.4 is 0 Å². The van der Waals surface area contributed by atoms with Gasteiger partial charge in [0.15, 0.2) is 17.4 Å². The molecule has 0 saturated heterocycles. The number of halogens is 2. The van der Waals surface area contributed by atoms with Crippen molar-refractivity contribution in [2.45, 2.75) is 0 Å². The number of hydrogen-bond donors (Lipinski definition) is 1. The zero-order chi connectivity index (χ0) is 14.1. The fourth-order valence-corrected chi connectivity index (χ4v) is 2.02. The minimum atomic E-state index is -0.998. The van der Waals surface area contributed by atoms with Crippen LogP contribution in [-0.2, 0) is 0 Å². The Balaban J connectivity index is 2.21. The summed E-state index contributed by atoms with van der Waals surface area (Å²) in [7, 11) is 0. The minimum Gasteiger partial charge on any atom is -0.503 e. The van der Waals surface area contributed by atoms with E-state index < -0.39 is 17.4 Å². The Morgan fingerprint density at radius 3 is 2.30 bits per heavy atom. The number of hydrogen-bond acceptors (Lipinski definition) is 2. The summed E-state index contributed by atoms with van der Waals surface area (Å²) in [4.78, 5) is 4.23. The number of phenols is 1. The smallest absolute Gasteiger partial charge is 0.187 e. The molecule has 1 N–H and O–H groups in total. The Hall–Kier alpha value is -2.69. The van der Waals surface area contributed by atoms with Crippen LogP contribution in [0.2, 0.25) is 0 Å².